The van der Waals surface area contributed by atoms with Crippen LogP contribution in [0.4, 0.5) is 16.4 Å². The van der Waals surface area contributed by atoms with Crippen molar-refractivity contribution < 1.29 is 16.4 Å². The third kappa shape index (κ3) is 8.32. The van der Waals surface area contributed by atoms with Gasteiger partial charge in [0, 0.05) is 0 Å². The van der Waals surface area contributed by atoms with Gasteiger partial charge in [-0.2, -0.15) is 0 Å². The van der Waals surface area contributed by atoms with Crippen LogP contribution < -0.4 is 0 Å². The van der Waals surface area contributed by atoms with E-state index in [4.69, 9.17) is 0 Å². The second kappa shape index (κ2) is 7.47. The highest BCUT2D eigenvalue weighted by molar-refractivity contribution is 6.66. The minimum absolute atomic E-state index is 0.00776. The maximum Gasteiger partial charge on any atom is 0.424 e. The molecule has 0 fully saturated rings. The van der Waals surface area contributed by atoms with Crippen LogP contribution in [0.3, 0.4) is 0 Å². The van der Waals surface area contributed by atoms with E-state index in [0.717, 1.165) is 0 Å². The van der Waals surface area contributed by atoms with E-state index < -0.39 is 17.5 Å². The van der Waals surface area contributed by atoms with Crippen molar-refractivity contribution in [3.63, 3.8) is 0 Å². The number of rotatable bonds is 9. The molecule has 0 aliphatic carbocycles. The molecule has 0 aliphatic rings. The van der Waals surface area contributed by atoms with Crippen molar-refractivity contribution in [3.05, 3.63) is 0 Å². The summed E-state index contributed by atoms with van der Waals surface area (Å²) in [4.78, 5) is 0. The monoisotopic (exact) mass is 274 g/mol. The minimum atomic E-state index is -3.92. The lowest BCUT2D eigenvalue weighted by Gasteiger charge is -2.11. The van der Waals surface area contributed by atoms with Gasteiger partial charge in [-0.15, -0.1) is 0 Å². The Kier molecular flexibility index (Phi) is 7.55. The molecule has 0 aromatic heterocycles. The lowest BCUT2D eigenvalue weighted by atomic mass is 10.2. The van der Waals surface area contributed by atoms with Crippen molar-refractivity contribution in [2.75, 3.05) is 0 Å². The molecule has 0 rings (SSSR count). The summed E-state index contributed by atoms with van der Waals surface area (Å²) in [7, 11) is -7.84. The van der Waals surface area contributed by atoms with E-state index in [9.17, 15) is 16.4 Å². The molecule has 0 N–H and O–H groups in total. The Morgan fingerprint density at radius 3 is 1.19 bits per heavy atom. The third-order valence-electron chi connectivity index (χ3n) is 2.87. The molecule has 0 atom stereocenters. The predicted molar refractivity (Wildman–Crippen MR) is 65.0 cm³/mol. The van der Waals surface area contributed by atoms with E-state index in [1.807, 2.05) is 0 Å². The van der Waals surface area contributed by atoms with Crippen molar-refractivity contribution in [2.45, 2.75) is 63.7 Å². The van der Waals surface area contributed by atoms with Crippen LogP contribution in [0.5, 0.6) is 0 Å². The molecule has 0 amide bonds. The highest BCUT2D eigenvalue weighted by Crippen LogP contribution is 2.24. The van der Waals surface area contributed by atoms with Crippen molar-refractivity contribution in [1.29, 1.82) is 0 Å². The van der Waals surface area contributed by atoms with Gasteiger partial charge in [0.25, 0.3) is 0 Å². The average molecular weight is 274 g/mol. The van der Waals surface area contributed by atoms with Gasteiger partial charge in [0.2, 0.25) is 0 Å². The second-order valence-electron chi connectivity index (χ2n) is 4.33. The zero-order chi connectivity index (χ0) is 12.7. The summed E-state index contributed by atoms with van der Waals surface area (Å²) in [5.41, 5.74) is 0. The molecule has 0 nitrogen and oxygen atoms in total. The quantitative estimate of drug-likeness (QED) is 0.230. The summed E-state index contributed by atoms with van der Waals surface area (Å²) >= 11 is 0. The molecule has 0 heterocycles. The highest BCUT2D eigenvalue weighted by atomic mass is 28.4. The molecule has 0 spiro atoms. The number of hydrogen-bond donors (Lipinski definition) is 0. The molecule has 0 aromatic carbocycles. The Hall–Kier alpha value is 0.154. The fourth-order valence-corrected chi connectivity index (χ4v) is 3.72. The van der Waals surface area contributed by atoms with E-state index >= 15 is 0 Å². The summed E-state index contributed by atoms with van der Waals surface area (Å²) in [6, 6.07) is 0.0812. The van der Waals surface area contributed by atoms with Gasteiger partial charge in [0.15, 0.2) is 0 Å². The lowest BCUT2D eigenvalue weighted by Crippen LogP contribution is -2.20. The molecule has 0 bridgehead atoms. The van der Waals surface area contributed by atoms with Crippen LogP contribution in [0.2, 0.25) is 24.2 Å². The van der Waals surface area contributed by atoms with Crippen molar-refractivity contribution in [1.82, 2.24) is 0 Å². The molecule has 0 aliphatic heterocycles. The largest absolute Gasteiger partial charge is 0.424 e. The van der Waals surface area contributed by atoms with Crippen LogP contribution >= 0.6 is 0 Å². The minimum Gasteiger partial charge on any atom is -0.270 e. The van der Waals surface area contributed by atoms with E-state index in [-0.39, 0.29) is 24.2 Å². The van der Waals surface area contributed by atoms with Crippen LogP contribution in [0.25, 0.3) is 0 Å². The van der Waals surface area contributed by atoms with E-state index in [0.29, 0.717) is 25.7 Å². The number of halogens is 4. The fraction of sp³-hybridized carbons (Fsp3) is 1.00. The van der Waals surface area contributed by atoms with Gasteiger partial charge in [-0.1, -0.05) is 39.5 Å². The third-order valence-corrected chi connectivity index (χ3v) is 7.11. The first kappa shape index (κ1) is 16.2. The first-order chi connectivity index (χ1) is 7.33. The Labute approximate surface area is 98.1 Å². The topological polar surface area (TPSA) is 0 Å². The standard InChI is InChI=1S/C10H22F4Si2/c1-3-15(11,12)9-7-5-6-8-10-16(13,14)4-2/h3-10H2,1-2H3. The SMILES string of the molecule is CC[Si](F)(F)CCCCCC[Si](F)(F)CC. The molecular weight excluding hydrogens is 252 g/mol. The van der Waals surface area contributed by atoms with Gasteiger partial charge < -0.3 is 0 Å². The summed E-state index contributed by atoms with van der Waals surface area (Å²) < 4.78 is 51.7. The van der Waals surface area contributed by atoms with Crippen molar-refractivity contribution >= 4 is 17.5 Å². The number of hydrogen-bond acceptors (Lipinski definition) is 0. The Balaban J connectivity index is 3.42. The molecule has 0 radical (unpaired) electrons. The van der Waals surface area contributed by atoms with Gasteiger partial charge in [-0.3, -0.25) is 16.4 Å². The predicted octanol–water partition coefficient (Wildman–Crippen LogP) is 5.35. The molecule has 0 unspecified atom stereocenters. The normalized spacial score (nSPS) is 13.1. The highest BCUT2D eigenvalue weighted by Gasteiger charge is 2.32. The second-order valence-corrected chi connectivity index (χ2v) is 10.2. The summed E-state index contributed by atoms with van der Waals surface area (Å²) in [6.07, 6.45) is 2.37. The van der Waals surface area contributed by atoms with Gasteiger partial charge in [-0.05, 0) is 24.2 Å². The molecular formula is C10H22F4Si2. The summed E-state index contributed by atoms with van der Waals surface area (Å²) in [5.74, 6) is 0. The van der Waals surface area contributed by atoms with Gasteiger partial charge >= 0.3 is 17.5 Å². The van der Waals surface area contributed by atoms with Crippen LogP contribution in [0.1, 0.15) is 39.5 Å². The maximum atomic E-state index is 12.9. The first-order valence-corrected chi connectivity index (χ1v) is 10.4. The van der Waals surface area contributed by atoms with Gasteiger partial charge in [0.1, 0.15) is 0 Å². The van der Waals surface area contributed by atoms with Crippen LogP contribution in [0.15, 0.2) is 0 Å². The van der Waals surface area contributed by atoms with Crippen LogP contribution in [-0.4, -0.2) is 17.5 Å². The smallest absolute Gasteiger partial charge is 0.270 e. The molecule has 0 saturated heterocycles. The van der Waals surface area contributed by atoms with Crippen LogP contribution in [-0.2, 0) is 0 Å². The molecule has 0 saturated carbocycles. The maximum absolute atomic E-state index is 12.9. The lowest BCUT2D eigenvalue weighted by molar-refractivity contribution is 0.554. The Bertz CT molecular complexity index is 166. The van der Waals surface area contributed by atoms with E-state index in [1.54, 1.807) is 0 Å². The molecule has 98 valence electrons. The fourth-order valence-electron chi connectivity index (χ4n) is 1.47. The van der Waals surface area contributed by atoms with Crippen LogP contribution in [0, 0.1) is 0 Å². The summed E-state index contributed by atoms with van der Waals surface area (Å²) in [6.45, 7) is 3.05. The molecule has 0 aromatic rings. The zero-order valence-electron chi connectivity index (χ0n) is 10.2. The molecule has 16 heavy (non-hydrogen) atoms. The van der Waals surface area contributed by atoms with Gasteiger partial charge in [-0.25, -0.2) is 0 Å². The number of unbranched alkanes of at least 4 members (excludes halogenated alkanes) is 3. The van der Waals surface area contributed by atoms with Gasteiger partial charge in [0.05, 0.1) is 0 Å². The Morgan fingerprint density at radius 1 is 0.625 bits per heavy atom. The first-order valence-electron chi connectivity index (χ1n) is 6.08. The average Bonchev–Trinajstić information content (AvgIpc) is 2.23. The van der Waals surface area contributed by atoms with Crippen molar-refractivity contribution in [3.8, 4) is 0 Å². The summed E-state index contributed by atoms with van der Waals surface area (Å²) in [5, 5.41) is 0. The zero-order valence-corrected chi connectivity index (χ0v) is 12.2. The van der Waals surface area contributed by atoms with E-state index in [1.165, 1.54) is 13.8 Å². The Morgan fingerprint density at radius 2 is 0.938 bits per heavy atom. The van der Waals surface area contributed by atoms with Crippen molar-refractivity contribution in [2.24, 2.45) is 0 Å². The molecule has 6 heteroatoms. The van der Waals surface area contributed by atoms with E-state index in [2.05, 4.69) is 0 Å².